The monoisotopic (exact) mass is 387 g/mol. The van der Waals surface area contributed by atoms with Gasteiger partial charge in [0.05, 0.1) is 12.0 Å². The van der Waals surface area contributed by atoms with E-state index in [1.807, 2.05) is 27.7 Å². The highest BCUT2D eigenvalue weighted by molar-refractivity contribution is 5.77. The van der Waals surface area contributed by atoms with Crippen LogP contribution in [-0.2, 0) is 23.8 Å². The predicted octanol–water partition coefficient (Wildman–Crippen LogP) is 3.70. The van der Waals surface area contributed by atoms with E-state index < -0.39 is 11.5 Å². The third-order valence-electron chi connectivity index (χ3n) is 4.46. The van der Waals surface area contributed by atoms with Crippen LogP contribution in [0, 0.1) is 16.2 Å². The zero-order valence-electron chi connectivity index (χ0n) is 18.2. The summed E-state index contributed by atoms with van der Waals surface area (Å²) in [6.45, 7) is 16.2. The minimum atomic E-state index is -0.656. The Kier molecular flexibility index (Phi) is 9.82. The Bertz CT molecular complexity index is 504. The highest BCUT2D eigenvalue weighted by atomic mass is 16.6. The molecule has 0 aliphatic rings. The topological polar surface area (TPSA) is 90.9 Å². The Hall–Kier alpha value is -1.79. The summed E-state index contributed by atoms with van der Waals surface area (Å²) in [6.07, 6.45) is 0.324. The van der Waals surface area contributed by atoms with Crippen LogP contribution in [0.25, 0.3) is 0 Å². The van der Waals surface area contributed by atoms with Gasteiger partial charge in [0.1, 0.15) is 19.8 Å². The van der Waals surface area contributed by atoms with Crippen molar-refractivity contribution in [3.63, 3.8) is 0 Å². The van der Waals surface area contributed by atoms with Crippen molar-refractivity contribution in [3.8, 4) is 0 Å². The lowest BCUT2D eigenvalue weighted by atomic mass is 9.61. The first-order chi connectivity index (χ1) is 12.2. The van der Waals surface area contributed by atoms with Crippen LogP contribution in [-0.4, -0.2) is 44.4 Å². The highest BCUT2D eigenvalue weighted by Gasteiger charge is 2.47. The number of hydrogen-bond donors (Lipinski definition) is 1. The first-order valence-electron chi connectivity index (χ1n) is 9.46. The van der Waals surface area contributed by atoms with Gasteiger partial charge in [-0.2, -0.15) is 0 Å². The summed E-state index contributed by atoms with van der Waals surface area (Å²) in [5, 5.41) is 2.46. The van der Waals surface area contributed by atoms with Crippen molar-refractivity contribution in [3.05, 3.63) is 0 Å². The summed E-state index contributed by atoms with van der Waals surface area (Å²) in [5.74, 6) is -0.616. The molecule has 0 spiro atoms. The van der Waals surface area contributed by atoms with Crippen LogP contribution in [0.2, 0.25) is 0 Å². The normalized spacial score (nSPS) is 14.1. The summed E-state index contributed by atoms with van der Waals surface area (Å²) in [5.41, 5.74) is -0.957. The van der Waals surface area contributed by atoms with Crippen LogP contribution in [0.4, 0.5) is 4.79 Å². The maximum absolute atomic E-state index is 12.7. The van der Waals surface area contributed by atoms with Gasteiger partial charge in [-0.1, -0.05) is 48.5 Å². The number of hydrogen-bond acceptors (Lipinski definition) is 6. The van der Waals surface area contributed by atoms with Crippen molar-refractivity contribution in [1.29, 1.82) is 0 Å². The zero-order chi connectivity index (χ0) is 21.3. The Morgan fingerprint density at radius 3 is 1.85 bits per heavy atom. The molecule has 1 atom stereocenters. The van der Waals surface area contributed by atoms with Crippen LogP contribution >= 0.6 is 0 Å². The van der Waals surface area contributed by atoms with E-state index in [1.165, 1.54) is 0 Å². The third-order valence-corrected chi connectivity index (χ3v) is 4.46. The predicted molar refractivity (Wildman–Crippen MR) is 103 cm³/mol. The molecule has 0 saturated carbocycles. The van der Waals surface area contributed by atoms with Crippen molar-refractivity contribution < 1.29 is 28.6 Å². The molecule has 1 N–H and O–H groups in total. The number of esters is 2. The van der Waals surface area contributed by atoms with Crippen molar-refractivity contribution in [2.45, 2.75) is 68.2 Å². The standard InChI is InChI=1S/C20H37NO6/c1-9-15(22)25-11-10-21-17(24)27-13-12-26-16(23)20(8,19(5,6)7)14-18(2,3)4/h9-14H2,1-8H3,(H,21,24). The van der Waals surface area contributed by atoms with Gasteiger partial charge in [0.15, 0.2) is 0 Å². The third kappa shape index (κ3) is 9.63. The summed E-state index contributed by atoms with van der Waals surface area (Å²) in [6, 6.07) is 0. The fourth-order valence-corrected chi connectivity index (χ4v) is 2.60. The molecule has 7 heteroatoms. The fraction of sp³-hybridized carbons (Fsp3) is 0.850. The Morgan fingerprint density at radius 2 is 1.37 bits per heavy atom. The molecule has 1 unspecified atom stereocenters. The van der Waals surface area contributed by atoms with Crippen LogP contribution in [0.5, 0.6) is 0 Å². The highest BCUT2D eigenvalue weighted by Crippen LogP contribution is 2.47. The lowest BCUT2D eigenvalue weighted by molar-refractivity contribution is -0.165. The van der Waals surface area contributed by atoms with Crippen molar-refractivity contribution in [2.24, 2.45) is 16.2 Å². The van der Waals surface area contributed by atoms with Crippen LogP contribution in [0.1, 0.15) is 68.2 Å². The van der Waals surface area contributed by atoms with E-state index in [0.29, 0.717) is 12.8 Å². The Balaban J connectivity index is 4.32. The first-order valence-corrected chi connectivity index (χ1v) is 9.46. The van der Waals surface area contributed by atoms with Gasteiger partial charge in [0.25, 0.3) is 0 Å². The lowest BCUT2D eigenvalue weighted by Gasteiger charge is -2.43. The van der Waals surface area contributed by atoms with Crippen molar-refractivity contribution >= 4 is 18.0 Å². The smallest absolute Gasteiger partial charge is 0.407 e. The number of carbonyl (C=O) groups excluding carboxylic acids is 3. The number of amides is 1. The molecule has 0 bridgehead atoms. The molecule has 1 amide bonds. The molecule has 0 heterocycles. The number of alkyl carbamates (subject to hydrolysis) is 1. The van der Waals surface area contributed by atoms with Crippen LogP contribution < -0.4 is 5.32 Å². The number of nitrogens with one attached hydrogen (secondary N) is 1. The average Bonchev–Trinajstić information content (AvgIpc) is 2.52. The number of rotatable bonds is 9. The molecular formula is C20H37NO6. The van der Waals surface area contributed by atoms with Gasteiger partial charge in [-0.15, -0.1) is 0 Å². The molecule has 0 aromatic carbocycles. The van der Waals surface area contributed by atoms with Crippen molar-refractivity contribution in [1.82, 2.24) is 5.32 Å². The van der Waals surface area contributed by atoms with E-state index in [-0.39, 0.29) is 49.1 Å². The van der Waals surface area contributed by atoms with Gasteiger partial charge in [-0.25, -0.2) is 4.79 Å². The summed E-state index contributed by atoms with van der Waals surface area (Å²) in [7, 11) is 0. The van der Waals surface area contributed by atoms with Crippen molar-refractivity contribution in [2.75, 3.05) is 26.4 Å². The van der Waals surface area contributed by atoms with E-state index in [4.69, 9.17) is 14.2 Å². The molecule has 0 rings (SSSR count). The molecule has 27 heavy (non-hydrogen) atoms. The van der Waals surface area contributed by atoms with Crippen LogP contribution in [0.3, 0.4) is 0 Å². The maximum atomic E-state index is 12.7. The van der Waals surface area contributed by atoms with Gasteiger partial charge in [0.2, 0.25) is 0 Å². The largest absolute Gasteiger partial charge is 0.464 e. The van der Waals surface area contributed by atoms with Gasteiger partial charge in [0, 0.05) is 6.42 Å². The molecule has 0 aromatic rings. The number of ether oxygens (including phenoxy) is 3. The van der Waals surface area contributed by atoms with E-state index in [9.17, 15) is 14.4 Å². The minimum Gasteiger partial charge on any atom is -0.464 e. The fourth-order valence-electron chi connectivity index (χ4n) is 2.60. The summed E-state index contributed by atoms with van der Waals surface area (Å²) in [4.78, 5) is 35.2. The molecule has 0 saturated heterocycles. The van der Waals surface area contributed by atoms with Gasteiger partial charge < -0.3 is 19.5 Å². The second-order valence-electron chi connectivity index (χ2n) is 9.09. The van der Waals surface area contributed by atoms with E-state index in [1.54, 1.807) is 6.92 Å². The zero-order valence-corrected chi connectivity index (χ0v) is 18.2. The molecule has 0 aliphatic carbocycles. The number of carbonyl (C=O) groups is 3. The van der Waals surface area contributed by atoms with Gasteiger partial charge in [-0.05, 0) is 24.2 Å². The minimum absolute atomic E-state index is 0.00706. The Labute approximate surface area is 163 Å². The second-order valence-corrected chi connectivity index (χ2v) is 9.09. The second kappa shape index (κ2) is 10.5. The van der Waals surface area contributed by atoms with Gasteiger partial charge >= 0.3 is 18.0 Å². The van der Waals surface area contributed by atoms with Gasteiger partial charge in [-0.3, -0.25) is 9.59 Å². The van der Waals surface area contributed by atoms with E-state index in [0.717, 1.165) is 0 Å². The summed E-state index contributed by atoms with van der Waals surface area (Å²) < 4.78 is 15.2. The van der Waals surface area contributed by atoms with Crippen LogP contribution in [0.15, 0.2) is 0 Å². The SMILES string of the molecule is CCC(=O)OCCNC(=O)OCCOC(=O)C(C)(CC(C)(C)C)C(C)(C)C. The maximum Gasteiger partial charge on any atom is 0.407 e. The quantitative estimate of drug-likeness (QED) is 0.368. The molecule has 0 aliphatic heterocycles. The Morgan fingerprint density at radius 1 is 0.815 bits per heavy atom. The molecule has 158 valence electrons. The first kappa shape index (κ1) is 25.2. The molecule has 7 nitrogen and oxygen atoms in total. The lowest BCUT2D eigenvalue weighted by Crippen LogP contribution is -2.44. The molecule has 0 aromatic heterocycles. The molecule has 0 fully saturated rings. The van der Waals surface area contributed by atoms with E-state index in [2.05, 4.69) is 26.1 Å². The average molecular weight is 388 g/mol. The van der Waals surface area contributed by atoms with E-state index >= 15 is 0 Å². The molecular weight excluding hydrogens is 350 g/mol. The summed E-state index contributed by atoms with van der Waals surface area (Å²) >= 11 is 0. The molecule has 0 radical (unpaired) electrons.